The number of nitrogens with zero attached hydrogens (tertiary/aromatic N) is 1. The average molecular weight is 330 g/mol. The molecule has 0 bridgehead atoms. The van der Waals surface area contributed by atoms with Crippen molar-refractivity contribution in [3.05, 3.63) is 83.7 Å². The predicted octanol–water partition coefficient (Wildman–Crippen LogP) is 4.75. The molecule has 0 fully saturated rings. The van der Waals surface area contributed by atoms with E-state index in [1.807, 2.05) is 31.2 Å². The van der Waals surface area contributed by atoms with Crippen LogP contribution in [0.1, 0.15) is 22.6 Å². The number of fused-ring (bicyclic) bond motifs is 3. The monoisotopic (exact) mass is 330 g/mol. The second-order valence-electron chi connectivity index (χ2n) is 6.14. The number of carbonyl (C=O) groups is 1. The Morgan fingerprint density at radius 1 is 1.04 bits per heavy atom. The lowest BCUT2D eigenvalue weighted by atomic mass is 9.98. The number of hydrogen-bond donors (Lipinski definition) is 1. The molecule has 1 aliphatic rings. The molecule has 0 aliphatic heterocycles. The molecular formula is C21H18N2O2. The highest BCUT2D eigenvalue weighted by molar-refractivity contribution is 5.85. The Morgan fingerprint density at radius 3 is 2.32 bits per heavy atom. The smallest absolute Gasteiger partial charge is 0.411 e. The zero-order valence-corrected chi connectivity index (χ0v) is 13.9. The van der Waals surface area contributed by atoms with Gasteiger partial charge in [0.05, 0.1) is 0 Å². The molecular weight excluding hydrogens is 312 g/mol. The zero-order valence-electron chi connectivity index (χ0n) is 13.9. The van der Waals surface area contributed by atoms with E-state index in [2.05, 4.69) is 34.6 Å². The van der Waals surface area contributed by atoms with Crippen molar-refractivity contribution in [2.24, 2.45) is 0 Å². The van der Waals surface area contributed by atoms with Crippen LogP contribution in [0.5, 0.6) is 0 Å². The quantitative estimate of drug-likeness (QED) is 0.754. The molecule has 1 amide bonds. The van der Waals surface area contributed by atoms with Gasteiger partial charge in [0.2, 0.25) is 0 Å². The summed E-state index contributed by atoms with van der Waals surface area (Å²) in [5.41, 5.74) is 6.46. The van der Waals surface area contributed by atoms with Gasteiger partial charge in [0, 0.05) is 24.0 Å². The third-order valence-electron chi connectivity index (χ3n) is 4.60. The van der Waals surface area contributed by atoms with Crippen molar-refractivity contribution in [1.82, 2.24) is 4.98 Å². The van der Waals surface area contributed by atoms with E-state index in [-0.39, 0.29) is 5.92 Å². The summed E-state index contributed by atoms with van der Waals surface area (Å²) in [4.78, 5) is 16.2. The van der Waals surface area contributed by atoms with Gasteiger partial charge in [-0.1, -0.05) is 48.5 Å². The number of aromatic nitrogens is 1. The first-order valence-electron chi connectivity index (χ1n) is 8.26. The van der Waals surface area contributed by atoms with Gasteiger partial charge in [-0.15, -0.1) is 0 Å². The molecule has 0 atom stereocenters. The molecule has 0 spiro atoms. The van der Waals surface area contributed by atoms with Gasteiger partial charge in [-0.25, -0.2) is 4.79 Å². The van der Waals surface area contributed by atoms with Crippen molar-refractivity contribution in [1.29, 1.82) is 0 Å². The van der Waals surface area contributed by atoms with Crippen LogP contribution in [0, 0.1) is 6.92 Å². The standard InChI is InChI=1S/C21H18N2O2/c1-14-12-22-11-10-20(14)23-21(24)25-13-19-17-8-4-2-6-15(17)16-7-3-5-9-18(16)19/h2-12,19H,13H2,1H3,(H,22,23,24). The Morgan fingerprint density at radius 2 is 1.68 bits per heavy atom. The minimum Gasteiger partial charge on any atom is -0.448 e. The third-order valence-corrected chi connectivity index (χ3v) is 4.60. The van der Waals surface area contributed by atoms with Gasteiger partial charge in [-0.2, -0.15) is 0 Å². The van der Waals surface area contributed by atoms with Crippen LogP contribution in [0.15, 0.2) is 67.0 Å². The molecule has 0 radical (unpaired) electrons. The molecule has 0 saturated carbocycles. The summed E-state index contributed by atoms with van der Waals surface area (Å²) in [5.74, 6) is 0.0664. The van der Waals surface area contributed by atoms with E-state index in [1.165, 1.54) is 22.3 Å². The minimum absolute atomic E-state index is 0.0664. The van der Waals surface area contributed by atoms with Crippen molar-refractivity contribution < 1.29 is 9.53 Å². The van der Waals surface area contributed by atoms with Crippen molar-refractivity contribution >= 4 is 11.8 Å². The van der Waals surface area contributed by atoms with Crippen LogP contribution in [0.3, 0.4) is 0 Å². The fraction of sp³-hybridized carbons (Fsp3) is 0.143. The Kier molecular flexibility index (Phi) is 3.94. The number of anilines is 1. The predicted molar refractivity (Wildman–Crippen MR) is 97.7 cm³/mol. The molecule has 1 heterocycles. The van der Waals surface area contributed by atoms with E-state index < -0.39 is 6.09 Å². The molecule has 25 heavy (non-hydrogen) atoms. The van der Waals surface area contributed by atoms with E-state index in [0.717, 1.165) is 5.56 Å². The molecule has 124 valence electrons. The second kappa shape index (κ2) is 6.40. The SMILES string of the molecule is Cc1cnccc1NC(=O)OCC1c2ccccc2-c2ccccc21. The number of hydrogen-bond acceptors (Lipinski definition) is 3. The molecule has 2 aromatic carbocycles. The van der Waals surface area contributed by atoms with Crippen LogP contribution >= 0.6 is 0 Å². The maximum atomic E-state index is 12.2. The van der Waals surface area contributed by atoms with Gasteiger partial charge in [-0.05, 0) is 40.8 Å². The molecule has 4 nitrogen and oxygen atoms in total. The lowest BCUT2D eigenvalue weighted by Gasteiger charge is -2.15. The van der Waals surface area contributed by atoms with Crippen LogP contribution in [-0.4, -0.2) is 17.7 Å². The van der Waals surface area contributed by atoms with E-state index in [9.17, 15) is 4.79 Å². The summed E-state index contributed by atoms with van der Waals surface area (Å²) in [6, 6.07) is 18.3. The Bertz CT molecular complexity index is 891. The van der Waals surface area contributed by atoms with Gasteiger partial charge in [0.25, 0.3) is 0 Å². The number of carbonyl (C=O) groups excluding carboxylic acids is 1. The third kappa shape index (κ3) is 2.87. The number of ether oxygens (including phenoxy) is 1. The van der Waals surface area contributed by atoms with Crippen molar-refractivity contribution in [2.75, 3.05) is 11.9 Å². The van der Waals surface area contributed by atoms with E-state index in [4.69, 9.17) is 4.74 Å². The van der Waals surface area contributed by atoms with Crippen LogP contribution in [0.2, 0.25) is 0 Å². The van der Waals surface area contributed by atoms with E-state index in [1.54, 1.807) is 18.5 Å². The summed E-state index contributed by atoms with van der Waals surface area (Å²) < 4.78 is 5.53. The highest BCUT2D eigenvalue weighted by Crippen LogP contribution is 2.44. The summed E-state index contributed by atoms with van der Waals surface area (Å²) in [5, 5.41) is 2.78. The van der Waals surface area contributed by atoms with E-state index >= 15 is 0 Å². The van der Waals surface area contributed by atoms with Crippen LogP contribution in [-0.2, 0) is 4.74 Å². The van der Waals surface area contributed by atoms with Crippen LogP contribution in [0.4, 0.5) is 10.5 Å². The lowest BCUT2D eigenvalue weighted by molar-refractivity contribution is 0.158. The fourth-order valence-electron chi connectivity index (χ4n) is 3.36. The second-order valence-corrected chi connectivity index (χ2v) is 6.14. The van der Waals surface area contributed by atoms with E-state index in [0.29, 0.717) is 12.3 Å². The Balaban J connectivity index is 1.51. The molecule has 3 aromatic rings. The van der Waals surface area contributed by atoms with Crippen molar-refractivity contribution in [3.8, 4) is 11.1 Å². The summed E-state index contributed by atoms with van der Waals surface area (Å²) in [7, 11) is 0. The first kappa shape index (κ1) is 15.4. The number of pyridine rings is 1. The fourth-order valence-corrected chi connectivity index (χ4v) is 3.36. The number of rotatable bonds is 3. The van der Waals surface area contributed by atoms with Gasteiger partial charge in [0.1, 0.15) is 6.61 Å². The maximum absolute atomic E-state index is 12.2. The number of benzene rings is 2. The first-order valence-corrected chi connectivity index (χ1v) is 8.26. The maximum Gasteiger partial charge on any atom is 0.411 e. The largest absolute Gasteiger partial charge is 0.448 e. The summed E-state index contributed by atoms with van der Waals surface area (Å²) in [6.45, 7) is 2.20. The average Bonchev–Trinajstić information content (AvgIpc) is 2.96. The molecule has 4 heteroatoms. The first-order chi connectivity index (χ1) is 12.2. The normalized spacial score (nSPS) is 12.4. The Labute approximate surface area is 146 Å². The molecule has 0 saturated heterocycles. The van der Waals surface area contributed by atoms with Gasteiger partial charge >= 0.3 is 6.09 Å². The summed E-state index contributed by atoms with van der Waals surface area (Å²) >= 11 is 0. The molecule has 4 rings (SSSR count). The molecule has 1 aliphatic carbocycles. The van der Waals surface area contributed by atoms with Crippen molar-refractivity contribution in [2.45, 2.75) is 12.8 Å². The van der Waals surface area contributed by atoms with Crippen LogP contribution < -0.4 is 5.32 Å². The highest BCUT2D eigenvalue weighted by atomic mass is 16.5. The number of aryl methyl sites for hydroxylation is 1. The summed E-state index contributed by atoms with van der Waals surface area (Å²) in [6.07, 6.45) is 2.90. The minimum atomic E-state index is -0.448. The van der Waals surface area contributed by atoms with Gasteiger partial charge < -0.3 is 4.74 Å². The zero-order chi connectivity index (χ0) is 17.2. The van der Waals surface area contributed by atoms with Gasteiger partial charge in [0.15, 0.2) is 0 Å². The van der Waals surface area contributed by atoms with Crippen LogP contribution in [0.25, 0.3) is 11.1 Å². The lowest BCUT2D eigenvalue weighted by Crippen LogP contribution is -2.18. The topological polar surface area (TPSA) is 51.2 Å². The van der Waals surface area contributed by atoms with Gasteiger partial charge in [-0.3, -0.25) is 10.3 Å². The molecule has 1 aromatic heterocycles. The Hall–Kier alpha value is -3.14. The van der Waals surface area contributed by atoms with Crippen molar-refractivity contribution in [3.63, 3.8) is 0 Å². The number of amides is 1. The molecule has 0 unspecified atom stereocenters. The number of nitrogens with one attached hydrogen (secondary N) is 1. The highest BCUT2D eigenvalue weighted by Gasteiger charge is 2.28. The molecule has 1 N–H and O–H groups in total.